The average Bonchev–Trinajstić information content (AvgIpc) is 2.92. The fraction of sp³-hybridized carbons (Fsp3) is 0.958. The van der Waals surface area contributed by atoms with Crippen LogP contribution in [-0.4, -0.2) is 17.2 Å². The van der Waals surface area contributed by atoms with Crippen molar-refractivity contribution in [3.63, 3.8) is 0 Å². The van der Waals surface area contributed by atoms with Gasteiger partial charge in [0.15, 0.2) is 0 Å². The first kappa shape index (κ1) is 20.2. The zero-order valence-corrected chi connectivity index (χ0v) is 18.4. The summed E-state index contributed by atoms with van der Waals surface area (Å²) in [7, 11) is 0. The molecule has 4 rings (SSSR count). The maximum absolute atomic E-state index is 14.3. The van der Waals surface area contributed by atoms with Crippen LogP contribution in [0.4, 0.5) is 4.39 Å². The average molecular weight is 395 g/mol. The Morgan fingerprint density at radius 3 is 2.48 bits per heavy atom. The van der Waals surface area contributed by atoms with Crippen LogP contribution in [0, 0.1) is 40.4 Å². The highest BCUT2D eigenvalue weighted by Crippen LogP contribution is 2.71. The van der Waals surface area contributed by atoms with Crippen LogP contribution in [0.3, 0.4) is 0 Å². The van der Waals surface area contributed by atoms with Gasteiger partial charge in [0.1, 0.15) is 12.5 Å². The summed E-state index contributed by atoms with van der Waals surface area (Å²) < 4.78 is 14.3. The Hall–Kier alpha value is -0.0500. The van der Waals surface area contributed by atoms with Crippen LogP contribution in [0.15, 0.2) is 0 Å². The lowest BCUT2D eigenvalue weighted by Crippen LogP contribution is -2.57. The van der Waals surface area contributed by atoms with E-state index in [-0.39, 0.29) is 10.2 Å². The zero-order valence-electron chi connectivity index (χ0n) is 17.6. The summed E-state index contributed by atoms with van der Waals surface area (Å²) in [6.45, 7) is 7.35. The molecule has 0 heterocycles. The van der Waals surface area contributed by atoms with E-state index in [1.165, 1.54) is 32.1 Å². The zero-order chi connectivity index (χ0) is 19.4. The maximum Gasteiger partial charge on any atom is 0.120 e. The lowest BCUT2D eigenvalue weighted by Gasteiger charge is -2.63. The minimum absolute atomic E-state index is 0.0274. The third-order valence-corrected chi connectivity index (χ3v) is 11.3. The van der Waals surface area contributed by atoms with E-state index >= 15 is 0 Å². The molecule has 0 amide bonds. The molecule has 0 aromatic heterocycles. The molecule has 0 N–H and O–H groups in total. The van der Waals surface area contributed by atoms with Gasteiger partial charge in [0, 0.05) is 11.2 Å². The molecule has 3 heteroatoms. The molecule has 0 saturated heterocycles. The number of carbonyl (C=O) groups excluding carboxylic acids is 1. The summed E-state index contributed by atoms with van der Waals surface area (Å²) in [5, 5.41) is 0. The fourth-order valence-corrected chi connectivity index (χ4v) is 9.26. The van der Waals surface area contributed by atoms with Gasteiger partial charge in [-0.25, -0.2) is 4.39 Å². The van der Waals surface area contributed by atoms with Gasteiger partial charge in [-0.05, 0) is 98.2 Å². The van der Waals surface area contributed by atoms with Crippen LogP contribution in [0.1, 0.15) is 91.4 Å². The molecule has 9 atom stereocenters. The molecule has 4 aliphatic rings. The third kappa shape index (κ3) is 2.88. The first-order valence-electron chi connectivity index (χ1n) is 11.6. The Morgan fingerprint density at radius 1 is 1.04 bits per heavy atom. The van der Waals surface area contributed by atoms with E-state index in [0.29, 0.717) is 23.7 Å². The molecule has 5 unspecified atom stereocenters. The second-order valence-electron chi connectivity index (χ2n) is 11.0. The van der Waals surface area contributed by atoms with E-state index in [1.54, 1.807) is 0 Å². The Morgan fingerprint density at radius 2 is 1.78 bits per heavy atom. The predicted octanol–water partition coefficient (Wildman–Crippen LogP) is 6.65. The van der Waals surface area contributed by atoms with Crippen LogP contribution in [0.5, 0.6) is 0 Å². The summed E-state index contributed by atoms with van der Waals surface area (Å²) in [6, 6.07) is 0. The second-order valence-corrected chi connectivity index (χ2v) is 11.9. The Balaban J connectivity index is 1.64. The Labute approximate surface area is 171 Å². The van der Waals surface area contributed by atoms with Crippen molar-refractivity contribution < 1.29 is 9.18 Å². The number of hydrogen-bond acceptors (Lipinski definition) is 2. The van der Waals surface area contributed by atoms with Gasteiger partial charge in [-0.3, -0.25) is 0 Å². The van der Waals surface area contributed by atoms with Gasteiger partial charge >= 0.3 is 0 Å². The fourth-order valence-electron chi connectivity index (χ4n) is 8.73. The van der Waals surface area contributed by atoms with Crippen LogP contribution >= 0.6 is 12.6 Å². The van der Waals surface area contributed by atoms with Crippen molar-refractivity contribution in [1.29, 1.82) is 0 Å². The Bertz CT molecular complexity index is 581. The van der Waals surface area contributed by atoms with Gasteiger partial charge < -0.3 is 4.79 Å². The summed E-state index contributed by atoms with van der Waals surface area (Å²) in [6.07, 6.45) is 12.3. The number of hydrogen-bond donors (Lipinski definition) is 1. The molecule has 0 aromatic carbocycles. The van der Waals surface area contributed by atoms with Gasteiger partial charge in [-0.1, -0.05) is 27.2 Å². The highest BCUT2D eigenvalue weighted by atomic mass is 32.1. The highest BCUT2D eigenvalue weighted by molar-refractivity contribution is 7.81. The normalized spacial score (nSPS) is 54.7. The summed E-state index contributed by atoms with van der Waals surface area (Å²) in [5.41, 5.74) is 0.608. The minimum atomic E-state index is -0.567. The topological polar surface area (TPSA) is 17.1 Å². The monoisotopic (exact) mass is 394 g/mol. The van der Waals surface area contributed by atoms with Gasteiger partial charge in [-0.15, -0.1) is 0 Å². The van der Waals surface area contributed by atoms with Gasteiger partial charge in [-0.2, -0.15) is 12.6 Å². The molecule has 4 aliphatic carbocycles. The van der Waals surface area contributed by atoms with Crippen LogP contribution in [0.25, 0.3) is 0 Å². The lowest BCUT2D eigenvalue weighted by atomic mass is 9.42. The minimum Gasteiger partial charge on any atom is -0.303 e. The lowest BCUT2D eigenvalue weighted by molar-refractivity contribution is -0.142. The van der Waals surface area contributed by atoms with E-state index in [9.17, 15) is 9.18 Å². The molecular formula is C24H39FOS. The molecule has 27 heavy (non-hydrogen) atoms. The predicted molar refractivity (Wildman–Crippen MR) is 113 cm³/mol. The van der Waals surface area contributed by atoms with Crippen molar-refractivity contribution >= 4 is 18.9 Å². The molecular weight excluding hydrogens is 355 g/mol. The molecule has 0 spiro atoms. The van der Waals surface area contributed by atoms with Crippen LogP contribution in [0.2, 0.25) is 0 Å². The first-order chi connectivity index (χ1) is 12.8. The van der Waals surface area contributed by atoms with E-state index in [4.69, 9.17) is 12.6 Å². The van der Waals surface area contributed by atoms with Gasteiger partial charge in [0.25, 0.3) is 0 Å². The Kier molecular flexibility index (Phi) is 5.26. The van der Waals surface area contributed by atoms with Crippen molar-refractivity contribution in [2.24, 2.45) is 40.4 Å². The smallest absolute Gasteiger partial charge is 0.120 e. The number of fused-ring (bicyclic) bond motifs is 5. The number of aldehydes is 1. The van der Waals surface area contributed by atoms with Crippen LogP contribution in [-0.2, 0) is 4.79 Å². The molecule has 1 nitrogen and oxygen atoms in total. The van der Waals surface area contributed by atoms with Gasteiger partial charge in [0.2, 0.25) is 0 Å². The molecule has 0 aliphatic heterocycles. The molecule has 4 saturated carbocycles. The van der Waals surface area contributed by atoms with Crippen molar-refractivity contribution in [2.75, 3.05) is 0 Å². The van der Waals surface area contributed by atoms with Crippen LogP contribution < -0.4 is 0 Å². The number of halogens is 1. The summed E-state index contributed by atoms with van der Waals surface area (Å²) >= 11 is 5.24. The quantitative estimate of drug-likeness (QED) is 0.417. The van der Waals surface area contributed by atoms with E-state index in [1.807, 2.05) is 0 Å². The largest absolute Gasteiger partial charge is 0.303 e. The summed E-state index contributed by atoms with van der Waals surface area (Å²) in [5.74, 6) is 3.60. The molecule has 0 radical (unpaired) electrons. The van der Waals surface area contributed by atoms with Crippen molar-refractivity contribution in [1.82, 2.24) is 0 Å². The molecule has 0 bridgehead atoms. The van der Waals surface area contributed by atoms with E-state index < -0.39 is 6.17 Å². The van der Waals surface area contributed by atoms with E-state index in [0.717, 1.165) is 56.1 Å². The van der Waals surface area contributed by atoms with Crippen molar-refractivity contribution in [2.45, 2.75) is 102 Å². The van der Waals surface area contributed by atoms with E-state index in [2.05, 4.69) is 20.8 Å². The van der Waals surface area contributed by atoms with Crippen molar-refractivity contribution in [3.8, 4) is 0 Å². The summed E-state index contributed by atoms with van der Waals surface area (Å²) in [4.78, 5) is 11.0. The number of alkyl halides is 1. The van der Waals surface area contributed by atoms with Gasteiger partial charge in [0.05, 0.1) is 0 Å². The maximum atomic E-state index is 14.3. The number of rotatable bonds is 4. The van der Waals surface area contributed by atoms with Crippen molar-refractivity contribution in [3.05, 3.63) is 0 Å². The number of thiol groups is 1. The molecule has 4 fully saturated rings. The third-order valence-electron chi connectivity index (χ3n) is 10.3. The SMILES string of the molecule is CC[C@H]1CC2C3CC[C@](S)(CCC=O)C3(C)CC[C@@H]2C2(C)CC[C@@H](F)CC12. The first-order valence-corrected chi connectivity index (χ1v) is 12.0. The standard InChI is InChI=1S/C24H39FOS/c1-4-16-14-18-19(22(2)10-6-17(25)15-21(16)22)7-11-23(3)20(18)8-12-24(23,27)9-5-13-26/h13,16-21,27H,4-12,14-15H2,1-3H3/t16-,17+,18?,19-,20?,21?,22?,23?,24+/m0/s1. The molecule has 154 valence electrons. The number of carbonyl (C=O) groups is 1. The highest BCUT2D eigenvalue weighted by Gasteiger charge is 2.64. The second kappa shape index (κ2) is 7.03. The molecule has 0 aromatic rings.